The van der Waals surface area contributed by atoms with Gasteiger partial charge in [-0.25, -0.2) is 4.57 Å². The van der Waals surface area contributed by atoms with Crippen LogP contribution in [0.1, 0.15) is 149 Å². The van der Waals surface area contributed by atoms with Gasteiger partial charge in [-0.1, -0.05) is 140 Å². The van der Waals surface area contributed by atoms with Gasteiger partial charge in [0.25, 0.3) is 0 Å². The highest BCUT2D eigenvalue weighted by molar-refractivity contribution is 7.47. The van der Waals surface area contributed by atoms with Crippen molar-refractivity contribution in [3.05, 3.63) is 48.6 Å². The van der Waals surface area contributed by atoms with Crippen LogP contribution in [0.5, 0.6) is 0 Å². The van der Waals surface area contributed by atoms with E-state index in [1.807, 2.05) is 36.5 Å². The molecule has 0 radical (unpaired) electrons. The second-order valence-corrected chi connectivity index (χ2v) is 14.7. The number of phosphoric acid groups is 1. The molecule has 0 fully saturated rings. The molecule has 0 aliphatic rings. The van der Waals surface area contributed by atoms with Gasteiger partial charge in [-0.05, 0) is 44.9 Å². The van der Waals surface area contributed by atoms with Crippen molar-refractivity contribution < 1.29 is 52.6 Å². The van der Waals surface area contributed by atoms with Crippen molar-refractivity contribution in [1.82, 2.24) is 0 Å². The Morgan fingerprint density at radius 3 is 1.91 bits per heavy atom. The molecule has 4 atom stereocenters. The summed E-state index contributed by atoms with van der Waals surface area (Å²) in [5, 5.41) is 18.9. The standard InChI is InChI=1S/C40H70NO11P/c1-3-5-7-9-11-12-13-14-18-23-27-31-39(44)52-36(33-50-53(47,48)51-34-37(41)40(45)46)32-49-38(43)30-26-22-19-15-17-21-25-29-35(42)28-24-20-16-10-8-6-4-2/h15-16,19-21,24-25,28,35-37,42H,3-14,17-18,22-23,26-27,29-34,41H2,1-2H3,(H,45,46)(H,47,48)/b19-15+,20-16-,25-21-,28-24-/t35-,36-,37+/m1/s1. The minimum Gasteiger partial charge on any atom is -0.480 e. The fourth-order valence-electron chi connectivity index (χ4n) is 4.96. The van der Waals surface area contributed by atoms with Crippen LogP contribution in [0.4, 0.5) is 0 Å². The quantitative estimate of drug-likeness (QED) is 0.0156. The molecule has 1 unspecified atom stereocenters. The van der Waals surface area contributed by atoms with E-state index in [9.17, 15) is 28.9 Å². The third-order valence-corrected chi connectivity index (χ3v) is 9.11. The van der Waals surface area contributed by atoms with Gasteiger partial charge in [-0.3, -0.25) is 23.4 Å². The summed E-state index contributed by atoms with van der Waals surface area (Å²) in [4.78, 5) is 45.7. The number of aliphatic hydroxyl groups excluding tert-OH is 1. The second-order valence-electron chi connectivity index (χ2n) is 13.3. The predicted octanol–water partition coefficient (Wildman–Crippen LogP) is 8.80. The zero-order valence-corrected chi connectivity index (χ0v) is 33.3. The zero-order chi connectivity index (χ0) is 39.4. The molecule has 0 aromatic rings. The number of ether oxygens (including phenoxy) is 2. The number of hydrogen-bond donors (Lipinski definition) is 4. The van der Waals surface area contributed by atoms with E-state index in [-0.39, 0.29) is 12.8 Å². The van der Waals surface area contributed by atoms with E-state index >= 15 is 0 Å². The number of aliphatic hydroxyl groups is 1. The van der Waals surface area contributed by atoms with Crippen LogP contribution in [0.15, 0.2) is 48.6 Å². The smallest absolute Gasteiger partial charge is 0.472 e. The van der Waals surface area contributed by atoms with Gasteiger partial charge in [0.1, 0.15) is 12.6 Å². The monoisotopic (exact) mass is 771 g/mol. The Hall–Kier alpha value is -2.60. The molecular formula is C40H70NO11P. The zero-order valence-electron chi connectivity index (χ0n) is 32.5. The molecule has 0 saturated heterocycles. The fourth-order valence-corrected chi connectivity index (χ4v) is 5.74. The van der Waals surface area contributed by atoms with Crippen molar-refractivity contribution in [2.75, 3.05) is 19.8 Å². The first-order chi connectivity index (χ1) is 25.5. The van der Waals surface area contributed by atoms with Gasteiger partial charge in [-0.2, -0.15) is 0 Å². The Morgan fingerprint density at radius 2 is 1.25 bits per heavy atom. The number of rotatable bonds is 36. The summed E-state index contributed by atoms with van der Waals surface area (Å²) in [6.07, 6.45) is 33.6. The Kier molecular flexibility index (Phi) is 33.4. The summed E-state index contributed by atoms with van der Waals surface area (Å²) in [6.45, 7) is 2.60. The van der Waals surface area contributed by atoms with Gasteiger partial charge in [-0.15, -0.1) is 0 Å². The van der Waals surface area contributed by atoms with Crippen LogP contribution >= 0.6 is 7.82 Å². The number of aliphatic carboxylic acids is 1. The number of unbranched alkanes of at least 4 members (excludes halogenated alkanes) is 14. The van der Waals surface area contributed by atoms with E-state index in [2.05, 4.69) is 24.4 Å². The Morgan fingerprint density at radius 1 is 0.679 bits per heavy atom. The van der Waals surface area contributed by atoms with Crippen LogP contribution in [0.2, 0.25) is 0 Å². The lowest BCUT2D eigenvalue weighted by atomic mass is 10.1. The SMILES string of the molecule is CCCCC/C=C\C=C/[C@@H](O)C/C=C\C/C=C/CCCC(=O)OC[C@H](COP(=O)(O)OC[C@H](N)C(=O)O)OC(=O)CCCCCCCCCCCCC. The van der Waals surface area contributed by atoms with Crippen LogP contribution in [0.3, 0.4) is 0 Å². The van der Waals surface area contributed by atoms with Crippen molar-refractivity contribution in [2.45, 2.75) is 167 Å². The molecule has 0 bridgehead atoms. The molecule has 0 spiro atoms. The first-order valence-corrected chi connectivity index (χ1v) is 21.3. The van der Waals surface area contributed by atoms with Crippen LogP contribution < -0.4 is 5.73 Å². The van der Waals surface area contributed by atoms with Crippen molar-refractivity contribution in [3.8, 4) is 0 Å². The molecule has 0 rings (SSSR count). The van der Waals surface area contributed by atoms with Crippen LogP contribution in [-0.2, 0) is 37.5 Å². The van der Waals surface area contributed by atoms with Crippen molar-refractivity contribution in [3.63, 3.8) is 0 Å². The van der Waals surface area contributed by atoms with Gasteiger partial charge < -0.3 is 30.3 Å². The van der Waals surface area contributed by atoms with Gasteiger partial charge in [0.15, 0.2) is 6.10 Å². The van der Waals surface area contributed by atoms with E-state index in [1.54, 1.807) is 6.08 Å². The number of carbonyl (C=O) groups is 3. The molecule has 0 saturated carbocycles. The molecule has 5 N–H and O–H groups in total. The van der Waals surface area contributed by atoms with E-state index in [0.717, 1.165) is 25.7 Å². The molecule has 0 heterocycles. The topological polar surface area (TPSA) is 192 Å². The summed E-state index contributed by atoms with van der Waals surface area (Å²) in [5.74, 6) is -2.50. The molecule has 13 heteroatoms. The molecule has 306 valence electrons. The lowest BCUT2D eigenvalue weighted by Gasteiger charge is -2.20. The van der Waals surface area contributed by atoms with Gasteiger partial charge >= 0.3 is 25.7 Å². The third-order valence-electron chi connectivity index (χ3n) is 8.16. The predicted molar refractivity (Wildman–Crippen MR) is 209 cm³/mol. The second kappa shape index (κ2) is 35.1. The number of carboxylic acid groups (broad SMARTS) is 1. The molecule has 53 heavy (non-hydrogen) atoms. The number of carbonyl (C=O) groups excluding carboxylic acids is 2. The summed E-state index contributed by atoms with van der Waals surface area (Å²) >= 11 is 0. The largest absolute Gasteiger partial charge is 0.480 e. The average Bonchev–Trinajstić information content (AvgIpc) is 3.12. The fraction of sp³-hybridized carbons (Fsp3) is 0.725. The summed E-state index contributed by atoms with van der Waals surface area (Å²) in [7, 11) is -4.74. The number of phosphoric ester groups is 1. The Bertz CT molecular complexity index is 1110. The van der Waals surface area contributed by atoms with Crippen molar-refractivity contribution >= 4 is 25.7 Å². The highest BCUT2D eigenvalue weighted by atomic mass is 31.2. The van der Waals surface area contributed by atoms with E-state index < -0.39 is 63.8 Å². The maximum absolute atomic E-state index is 12.5. The minimum absolute atomic E-state index is 0.112. The van der Waals surface area contributed by atoms with E-state index in [0.29, 0.717) is 32.1 Å². The molecule has 12 nitrogen and oxygen atoms in total. The molecule has 0 aromatic heterocycles. The number of carboxylic acids is 1. The number of nitrogens with two attached hydrogens (primary N) is 1. The lowest BCUT2D eigenvalue weighted by Crippen LogP contribution is -2.34. The third kappa shape index (κ3) is 34.9. The maximum Gasteiger partial charge on any atom is 0.472 e. The molecule has 0 amide bonds. The first-order valence-electron chi connectivity index (χ1n) is 19.8. The van der Waals surface area contributed by atoms with Crippen LogP contribution in [-0.4, -0.2) is 71.1 Å². The average molecular weight is 772 g/mol. The Labute approximate surface area is 318 Å². The lowest BCUT2D eigenvalue weighted by molar-refractivity contribution is -0.161. The normalized spacial score (nSPS) is 15.0. The highest BCUT2D eigenvalue weighted by Gasteiger charge is 2.28. The van der Waals surface area contributed by atoms with E-state index in [1.165, 1.54) is 64.2 Å². The van der Waals surface area contributed by atoms with E-state index in [4.69, 9.17) is 24.8 Å². The Balaban J connectivity index is 4.56. The van der Waals surface area contributed by atoms with Crippen LogP contribution in [0.25, 0.3) is 0 Å². The molecular weight excluding hydrogens is 701 g/mol. The minimum atomic E-state index is -4.74. The number of esters is 2. The molecule has 0 aliphatic heterocycles. The summed E-state index contributed by atoms with van der Waals surface area (Å²) in [6, 6.07) is -1.54. The maximum atomic E-state index is 12.5. The van der Waals surface area contributed by atoms with Crippen molar-refractivity contribution in [2.24, 2.45) is 5.73 Å². The molecule has 0 aliphatic carbocycles. The summed E-state index contributed by atoms with van der Waals surface area (Å²) < 4.78 is 32.5. The number of allylic oxidation sites excluding steroid dienone is 6. The highest BCUT2D eigenvalue weighted by Crippen LogP contribution is 2.43. The number of hydrogen-bond acceptors (Lipinski definition) is 10. The van der Waals surface area contributed by atoms with Crippen LogP contribution in [0, 0.1) is 0 Å². The van der Waals surface area contributed by atoms with Gasteiger partial charge in [0.2, 0.25) is 0 Å². The van der Waals surface area contributed by atoms with Gasteiger partial charge in [0.05, 0.1) is 19.3 Å². The van der Waals surface area contributed by atoms with Gasteiger partial charge in [0, 0.05) is 12.8 Å². The molecule has 0 aromatic carbocycles. The first kappa shape index (κ1) is 50.4. The summed E-state index contributed by atoms with van der Waals surface area (Å²) in [5.41, 5.74) is 5.31. The van der Waals surface area contributed by atoms with Crippen molar-refractivity contribution in [1.29, 1.82) is 0 Å².